The van der Waals surface area contributed by atoms with Crippen LogP contribution in [0.4, 0.5) is 28.4 Å². The van der Waals surface area contributed by atoms with E-state index in [1.54, 1.807) is 0 Å². The Kier molecular flexibility index (Phi) is 7.38. The fraction of sp³-hybridized carbons (Fsp3) is 0.0455. The van der Waals surface area contributed by atoms with Crippen molar-refractivity contribution in [3.05, 3.63) is 188 Å². The van der Waals surface area contributed by atoms with Gasteiger partial charge in [-0.25, -0.2) is 0 Å². The van der Waals surface area contributed by atoms with Crippen LogP contribution in [0.2, 0.25) is 0 Å². The highest BCUT2D eigenvalue weighted by Crippen LogP contribution is 2.50. The van der Waals surface area contributed by atoms with Crippen LogP contribution in [0.25, 0.3) is 32.7 Å². The van der Waals surface area contributed by atoms with Gasteiger partial charge in [0, 0.05) is 38.6 Å². The number of nitrogens with zero attached hydrogens (tertiary/aromatic N) is 2. The zero-order chi connectivity index (χ0) is 30.7. The zero-order valence-corrected chi connectivity index (χ0v) is 25.6. The number of anilines is 5. The van der Waals surface area contributed by atoms with Crippen molar-refractivity contribution in [1.29, 1.82) is 0 Å². The lowest BCUT2D eigenvalue weighted by atomic mass is 9.92. The Morgan fingerprint density at radius 2 is 0.935 bits per heavy atom. The first-order chi connectivity index (χ1) is 22.9. The highest BCUT2D eigenvalue weighted by atomic mass is 15.2. The van der Waals surface area contributed by atoms with E-state index in [1.165, 1.54) is 49.7 Å². The number of hydrogen-bond donors (Lipinski definition) is 0. The Labute approximate surface area is 270 Å². The lowest BCUT2D eigenvalue weighted by Gasteiger charge is -2.36. The molecule has 0 amide bonds. The molecule has 2 nitrogen and oxygen atoms in total. The van der Waals surface area contributed by atoms with Crippen molar-refractivity contribution in [1.82, 2.24) is 0 Å². The molecule has 0 saturated carbocycles. The van der Waals surface area contributed by atoms with E-state index >= 15 is 0 Å². The highest BCUT2D eigenvalue weighted by molar-refractivity contribution is 6.23. The van der Waals surface area contributed by atoms with Gasteiger partial charge < -0.3 is 9.80 Å². The lowest BCUT2D eigenvalue weighted by Crippen LogP contribution is -2.30. The number of para-hydroxylation sites is 3. The number of allylic oxidation sites excluding steroid dienone is 2. The first-order valence-electron chi connectivity index (χ1n) is 16.0. The van der Waals surface area contributed by atoms with Gasteiger partial charge in [0.05, 0.1) is 17.4 Å². The molecule has 220 valence electrons. The van der Waals surface area contributed by atoms with Crippen molar-refractivity contribution in [2.24, 2.45) is 0 Å². The number of rotatable bonds is 7. The summed E-state index contributed by atoms with van der Waals surface area (Å²) >= 11 is 0. The first kappa shape index (κ1) is 27.7. The molecule has 8 rings (SSSR count). The summed E-state index contributed by atoms with van der Waals surface area (Å²) in [6, 6.07) is 59.2. The van der Waals surface area contributed by atoms with Crippen molar-refractivity contribution in [3.63, 3.8) is 0 Å². The molecule has 0 fully saturated rings. The fourth-order valence-corrected chi connectivity index (χ4v) is 6.84. The molecule has 2 heteroatoms. The van der Waals surface area contributed by atoms with E-state index in [1.807, 2.05) is 0 Å². The molecule has 0 radical (unpaired) electrons. The number of benzene rings is 7. The van der Waals surface area contributed by atoms with Gasteiger partial charge in [-0.3, -0.25) is 0 Å². The van der Waals surface area contributed by atoms with E-state index in [9.17, 15) is 0 Å². The minimum atomic E-state index is 0.171. The normalized spacial score (nSPS) is 14.0. The van der Waals surface area contributed by atoms with Crippen LogP contribution in [0.5, 0.6) is 0 Å². The van der Waals surface area contributed by atoms with E-state index in [2.05, 4.69) is 198 Å². The Morgan fingerprint density at radius 1 is 0.413 bits per heavy atom. The van der Waals surface area contributed by atoms with Gasteiger partial charge in [0.2, 0.25) is 0 Å². The van der Waals surface area contributed by atoms with Crippen LogP contribution in [-0.4, -0.2) is 6.04 Å². The van der Waals surface area contributed by atoms with Crippen molar-refractivity contribution in [3.8, 4) is 11.1 Å². The molecule has 7 aromatic carbocycles. The maximum atomic E-state index is 2.55. The lowest BCUT2D eigenvalue weighted by molar-refractivity contribution is 0.789. The smallest absolute Gasteiger partial charge is 0.0619 e. The van der Waals surface area contributed by atoms with E-state index in [-0.39, 0.29) is 6.04 Å². The zero-order valence-electron chi connectivity index (χ0n) is 25.6. The molecule has 0 heterocycles. The molecule has 0 aromatic heterocycles. The summed E-state index contributed by atoms with van der Waals surface area (Å²) in [6.07, 6.45) is 9.89. The van der Waals surface area contributed by atoms with E-state index in [4.69, 9.17) is 0 Å². The molecule has 1 aliphatic carbocycles. The summed E-state index contributed by atoms with van der Waals surface area (Å²) in [6.45, 7) is 0. The molecule has 1 unspecified atom stereocenters. The molecule has 0 saturated heterocycles. The molecule has 1 aliphatic rings. The van der Waals surface area contributed by atoms with Crippen LogP contribution in [0.3, 0.4) is 0 Å². The third kappa shape index (κ3) is 5.04. The minimum absolute atomic E-state index is 0.171. The maximum absolute atomic E-state index is 2.55. The maximum Gasteiger partial charge on any atom is 0.0619 e. The van der Waals surface area contributed by atoms with Gasteiger partial charge >= 0.3 is 0 Å². The summed E-state index contributed by atoms with van der Waals surface area (Å²) < 4.78 is 0. The van der Waals surface area contributed by atoms with E-state index in [0.717, 1.165) is 17.8 Å². The Hall–Kier alpha value is -5.86. The van der Waals surface area contributed by atoms with Crippen LogP contribution in [0, 0.1) is 0 Å². The van der Waals surface area contributed by atoms with Crippen molar-refractivity contribution >= 4 is 50.0 Å². The third-order valence-corrected chi connectivity index (χ3v) is 8.89. The van der Waals surface area contributed by atoms with Crippen LogP contribution in [0.1, 0.15) is 6.42 Å². The van der Waals surface area contributed by atoms with Gasteiger partial charge in [-0.1, -0.05) is 146 Å². The van der Waals surface area contributed by atoms with Crippen molar-refractivity contribution in [2.75, 3.05) is 9.80 Å². The van der Waals surface area contributed by atoms with Crippen LogP contribution < -0.4 is 9.80 Å². The molecule has 0 N–H and O–H groups in total. The monoisotopic (exact) mass is 590 g/mol. The molecule has 7 aromatic rings. The highest BCUT2D eigenvalue weighted by Gasteiger charge is 2.27. The first-order valence-corrected chi connectivity index (χ1v) is 16.0. The molecule has 0 aliphatic heterocycles. The summed E-state index contributed by atoms with van der Waals surface area (Å²) in [5.74, 6) is 0. The third-order valence-electron chi connectivity index (χ3n) is 8.89. The van der Waals surface area contributed by atoms with Crippen molar-refractivity contribution < 1.29 is 0 Å². The van der Waals surface area contributed by atoms with Gasteiger partial charge in [0.25, 0.3) is 0 Å². The summed E-state index contributed by atoms with van der Waals surface area (Å²) in [4.78, 5) is 4.98. The summed E-state index contributed by atoms with van der Waals surface area (Å²) in [5.41, 5.74) is 8.25. The van der Waals surface area contributed by atoms with Crippen LogP contribution >= 0.6 is 0 Å². The molecule has 0 spiro atoms. The fourth-order valence-electron chi connectivity index (χ4n) is 6.84. The molecule has 0 bridgehead atoms. The van der Waals surface area contributed by atoms with Crippen molar-refractivity contribution in [2.45, 2.75) is 12.5 Å². The average molecular weight is 591 g/mol. The standard InChI is InChI=1S/C44H34N2/c1-6-18-33(19-7-1)34-30-31-41-42(32-34)44(46(37-24-12-4-13-25-37)38-26-14-5-15-27-38)40-29-17-16-28-39(40)43(41)45(35-20-8-2-9-21-35)36-22-10-3-11-23-36/h1-26,28-32,38H,27H2. The van der Waals surface area contributed by atoms with E-state index in [0.29, 0.717) is 0 Å². The van der Waals surface area contributed by atoms with Crippen LogP contribution in [0.15, 0.2) is 188 Å². The second kappa shape index (κ2) is 12.3. The predicted octanol–water partition coefficient (Wildman–Crippen LogP) is 12.2. The van der Waals surface area contributed by atoms with Gasteiger partial charge in [0.15, 0.2) is 0 Å². The van der Waals surface area contributed by atoms with Gasteiger partial charge in [-0.05, 0) is 60.0 Å². The molecule has 1 atom stereocenters. The van der Waals surface area contributed by atoms with Gasteiger partial charge in [0.1, 0.15) is 0 Å². The minimum Gasteiger partial charge on any atom is -0.333 e. The largest absolute Gasteiger partial charge is 0.333 e. The topological polar surface area (TPSA) is 6.48 Å². The predicted molar refractivity (Wildman–Crippen MR) is 197 cm³/mol. The van der Waals surface area contributed by atoms with Gasteiger partial charge in [-0.15, -0.1) is 0 Å². The average Bonchev–Trinajstić information content (AvgIpc) is 3.14. The Balaban J connectivity index is 1.52. The number of hydrogen-bond acceptors (Lipinski definition) is 2. The molecular weight excluding hydrogens is 556 g/mol. The number of fused-ring (bicyclic) bond motifs is 2. The van der Waals surface area contributed by atoms with E-state index < -0.39 is 0 Å². The second-order valence-corrected chi connectivity index (χ2v) is 11.7. The second-order valence-electron chi connectivity index (χ2n) is 11.7. The quantitative estimate of drug-likeness (QED) is 0.135. The Morgan fingerprint density at radius 3 is 1.52 bits per heavy atom. The SMILES string of the molecule is C1=CCC(N(c2ccccc2)c2c3ccccc3c(N(c3ccccc3)c3ccccc3)c3ccc(-c4ccccc4)cc23)C=C1. The summed E-state index contributed by atoms with van der Waals surface area (Å²) in [7, 11) is 0. The summed E-state index contributed by atoms with van der Waals surface area (Å²) in [5, 5.41) is 4.86. The Bertz CT molecular complexity index is 2130. The van der Waals surface area contributed by atoms with Crippen LogP contribution in [-0.2, 0) is 0 Å². The molecule has 46 heavy (non-hydrogen) atoms. The molecular formula is C44H34N2. The van der Waals surface area contributed by atoms with Gasteiger partial charge in [-0.2, -0.15) is 0 Å².